The molecule has 9 nitrogen and oxygen atoms in total. The van der Waals surface area contributed by atoms with E-state index in [0.29, 0.717) is 40.1 Å². The predicted octanol–water partition coefficient (Wildman–Crippen LogP) is 5.11. The van der Waals surface area contributed by atoms with Crippen LogP contribution in [0.1, 0.15) is 44.6 Å². The van der Waals surface area contributed by atoms with Gasteiger partial charge in [0.2, 0.25) is 0 Å². The molecule has 0 aliphatic rings. The van der Waals surface area contributed by atoms with Crippen LogP contribution in [0.3, 0.4) is 0 Å². The first-order chi connectivity index (χ1) is 17.4. The van der Waals surface area contributed by atoms with Crippen LogP contribution in [-0.2, 0) is 0 Å². The number of aromatic nitrogens is 6. The molecule has 0 aliphatic carbocycles. The molecule has 0 amide bonds. The standard InChI is InChI=1S/C23H20F2N8O.C2H6/c1-3-16(30-21-19-20(27-10-26-19)28-11-29-21)22-31-17-6-4-5-12(2)18(17)23(34)33(22)32-15-8-13(24)7-14(25)9-15;1-2/h4-11,16,32H,3H2,1-2H3,(H2,26,27,28,29,30);1-2H3. The lowest BCUT2D eigenvalue weighted by atomic mass is 10.1. The minimum Gasteiger partial charge on any atom is -0.358 e. The maximum atomic E-state index is 13.9. The van der Waals surface area contributed by atoms with E-state index >= 15 is 0 Å². The normalized spacial score (nSPS) is 11.7. The van der Waals surface area contributed by atoms with E-state index in [9.17, 15) is 13.6 Å². The average Bonchev–Trinajstić information content (AvgIpc) is 3.35. The molecule has 0 fully saturated rings. The first-order valence-electron chi connectivity index (χ1n) is 11.6. The van der Waals surface area contributed by atoms with Gasteiger partial charge in [-0.15, -0.1) is 0 Å². The van der Waals surface area contributed by atoms with Crippen molar-refractivity contribution in [2.24, 2.45) is 0 Å². The monoisotopic (exact) mass is 492 g/mol. The van der Waals surface area contributed by atoms with Gasteiger partial charge in [0, 0.05) is 6.07 Å². The van der Waals surface area contributed by atoms with Gasteiger partial charge in [0.05, 0.1) is 29.0 Å². The van der Waals surface area contributed by atoms with Crippen LogP contribution < -0.4 is 16.3 Å². The van der Waals surface area contributed by atoms with Crippen molar-refractivity contribution in [3.63, 3.8) is 0 Å². The molecule has 186 valence electrons. The Morgan fingerprint density at radius 3 is 2.56 bits per heavy atom. The number of nitrogens with one attached hydrogen (secondary N) is 3. The maximum absolute atomic E-state index is 13.9. The minimum absolute atomic E-state index is 0.0726. The van der Waals surface area contributed by atoms with E-state index in [1.807, 2.05) is 39.8 Å². The Hall–Kier alpha value is -4.41. The number of hydrogen-bond donors (Lipinski definition) is 3. The van der Waals surface area contributed by atoms with E-state index < -0.39 is 23.2 Å². The fraction of sp³-hybridized carbons (Fsp3) is 0.240. The van der Waals surface area contributed by atoms with Crippen LogP contribution in [0.5, 0.6) is 0 Å². The zero-order valence-electron chi connectivity index (χ0n) is 20.3. The summed E-state index contributed by atoms with van der Waals surface area (Å²) < 4.78 is 28.9. The number of imidazole rings is 1. The molecule has 11 heteroatoms. The van der Waals surface area contributed by atoms with Crippen molar-refractivity contribution in [1.29, 1.82) is 0 Å². The SMILES string of the molecule is CC.CCC(Nc1ncnc2nc[nH]c12)c1nc2cccc(C)c2c(=O)n1Nc1cc(F)cc(F)c1. The molecule has 0 bridgehead atoms. The highest BCUT2D eigenvalue weighted by molar-refractivity contribution is 5.83. The van der Waals surface area contributed by atoms with Crippen molar-refractivity contribution in [2.45, 2.75) is 40.2 Å². The first kappa shape index (κ1) is 24.7. The van der Waals surface area contributed by atoms with Gasteiger partial charge in [0.1, 0.15) is 23.5 Å². The highest BCUT2D eigenvalue weighted by Crippen LogP contribution is 2.25. The quantitative estimate of drug-likeness (QED) is 0.302. The summed E-state index contributed by atoms with van der Waals surface area (Å²) in [6.45, 7) is 7.73. The number of aromatic amines is 1. The fourth-order valence-electron chi connectivity index (χ4n) is 3.89. The molecule has 5 aromatic rings. The van der Waals surface area contributed by atoms with E-state index in [-0.39, 0.29) is 5.69 Å². The third-order valence-corrected chi connectivity index (χ3v) is 5.49. The number of aryl methyl sites for hydroxylation is 1. The van der Waals surface area contributed by atoms with E-state index in [0.717, 1.165) is 23.8 Å². The molecule has 0 aliphatic heterocycles. The molecular weight excluding hydrogens is 466 g/mol. The number of rotatable bonds is 6. The molecule has 3 N–H and O–H groups in total. The topological polar surface area (TPSA) is 113 Å². The van der Waals surface area contributed by atoms with Gasteiger partial charge >= 0.3 is 0 Å². The molecule has 1 atom stereocenters. The summed E-state index contributed by atoms with van der Waals surface area (Å²) in [5.74, 6) is -0.734. The molecule has 0 radical (unpaired) electrons. The molecule has 2 aromatic carbocycles. The summed E-state index contributed by atoms with van der Waals surface area (Å²) in [6.07, 6.45) is 3.41. The summed E-state index contributed by atoms with van der Waals surface area (Å²) in [5, 5.41) is 3.70. The van der Waals surface area contributed by atoms with Crippen molar-refractivity contribution < 1.29 is 8.78 Å². The Morgan fingerprint density at radius 1 is 1.08 bits per heavy atom. The first-order valence-corrected chi connectivity index (χ1v) is 11.6. The van der Waals surface area contributed by atoms with E-state index in [2.05, 4.69) is 30.7 Å². The Morgan fingerprint density at radius 2 is 1.83 bits per heavy atom. The number of fused-ring (bicyclic) bond motifs is 2. The van der Waals surface area contributed by atoms with Gasteiger partial charge in [-0.1, -0.05) is 32.9 Å². The number of nitrogens with zero attached hydrogens (tertiary/aromatic N) is 5. The smallest absolute Gasteiger partial charge is 0.280 e. The van der Waals surface area contributed by atoms with E-state index in [1.165, 1.54) is 17.3 Å². The molecule has 5 rings (SSSR count). The van der Waals surface area contributed by atoms with Crippen LogP contribution in [0.25, 0.3) is 22.1 Å². The zero-order valence-corrected chi connectivity index (χ0v) is 20.3. The lowest BCUT2D eigenvalue weighted by molar-refractivity contribution is 0.582. The Kier molecular flexibility index (Phi) is 7.18. The number of benzene rings is 2. The van der Waals surface area contributed by atoms with Crippen molar-refractivity contribution in [2.75, 3.05) is 10.7 Å². The second-order valence-electron chi connectivity index (χ2n) is 7.78. The van der Waals surface area contributed by atoms with Gasteiger partial charge in [-0.05, 0) is 37.1 Å². The van der Waals surface area contributed by atoms with E-state index in [1.54, 1.807) is 6.07 Å². The molecule has 3 aromatic heterocycles. The summed E-state index contributed by atoms with van der Waals surface area (Å²) in [6, 6.07) is 7.86. The van der Waals surface area contributed by atoms with Crippen LogP contribution in [-0.4, -0.2) is 29.6 Å². The number of hydrogen-bond acceptors (Lipinski definition) is 7. The lowest BCUT2D eigenvalue weighted by Gasteiger charge is -2.23. The van der Waals surface area contributed by atoms with Gasteiger partial charge in [-0.2, -0.15) is 0 Å². The third kappa shape index (κ3) is 4.72. The summed E-state index contributed by atoms with van der Waals surface area (Å²) in [7, 11) is 0. The number of anilines is 2. The van der Waals surface area contributed by atoms with Crippen molar-refractivity contribution >= 4 is 33.6 Å². The summed E-state index contributed by atoms with van der Waals surface area (Å²) >= 11 is 0. The van der Waals surface area contributed by atoms with Gasteiger partial charge in [0.25, 0.3) is 5.56 Å². The second-order valence-corrected chi connectivity index (χ2v) is 7.78. The van der Waals surface area contributed by atoms with Crippen molar-refractivity contribution in [3.05, 3.63) is 82.4 Å². The molecular formula is C25H26F2N8O. The van der Waals surface area contributed by atoms with Crippen LogP contribution in [0.4, 0.5) is 20.3 Å². The third-order valence-electron chi connectivity index (χ3n) is 5.49. The Bertz CT molecular complexity index is 1560. The van der Waals surface area contributed by atoms with Gasteiger partial charge in [-0.25, -0.2) is 33.4 Å². The van der Waals surface area contributed by atoms with E-state index in [4.69, 9.17) is 4.98 Å². The number of H-pyrrole nitrogens is 1. The largest absolute Gasteiger partial charge is 0.358 e. The molecule has 1 unspecified atom stereocenters. The van der Waals surface area contributed by atoms with Gasteiger partial charge < -0.3 is 10.3 Å². The summed E-state index contributed by atoms with van der Waals surface area (Å²) in [4.78, 5) is 33.9. The van der Waals surface area contributed by atoms with Crippen molar-refractivity contribution in [3.8, 4) is 0 Å². The minimum atomic E-state index is -0.769. The molecule has 0 saturated heterocycles. The maximum Gasteiger partial charge on any atom is 0.280 e. The predicted molar refractivity (Wildman–Crippen MR) is 136 cm³/mol. The highest BCUT2D eigenvalue weighted by Gasteiger charge is 2.22. The summed E-state index contributed by atoms with van der Waals surface area (Å²) in [5.41, 5.74) is 4.86. The van der Waals surface area contributed by atoms with Crippen LogP contribution in [0.15, 0.2) is 53.8 Å². The Balaban J connectivity index is 0.00000148. The van der Waals surface area contributed by atoms with Crippen molar-refractivity contribution in [1.82, 2.24) is 29.6 Å². The molecule has 0 saturated carbocycles. The zero-order chi connectivity index (χ0) is 25.8. The Labute approximate surface area is 205 Å². The van der Waals surface area contributed by atoms with Crippen LogP contribution >= 0.6 is 0 Å². The number of halogens is 2. The van der Waals surface area contributed by atoms with Gasteiger partial charge in [-0.3, -0.25) is 10.2 Å². The highest BCUT2D eigenvalue weighted by atomic mass is 19.1. The second kappa shape index (κ2) is 10.5. The molecule has 36 heavy (non-hydrogen) atoms. The van der Waals surface area contributed by atoms with Crippen LogP contribution in [0, 0.1) is 18.6 Å². The molecule has 0 spiro atoms. The molecule has 3 heterocycles. The lowest BCUT2D eigenvalue weighted by Crippen LogP contribution is -2.34. The fourth-order valence-corrected chi connectivity index (χ4v) is 3.89. The van der Waals surface area contributed by atoms with Crippen LogP contribution in [0.2, 0.25) is 0 Å². The average molecular weight is 493 g/mol. The van der Waals surface area contributed by atoms with Gasteiger partial charge in [0.15, 0.2) is 17.3 Å².